The van der Waals surface area contributed by atoms with E-state index in [-0.39, 0.29) is 11.9 Å². The third kappa shape index (κ3) is 2.33. The van der Waals surface area contributed by atoms with Crippen LogP contribution in [0.5, 0.6) is 0 Å². The van der Waals surface area contributed by atoms with Crippen molar-refractivity contribution in [3.63, 3.8) is 0 Å². The zero-order valence-corrected chi connectivity index (χ0v) is 16.3. The number of carbonyl (C=O) groups excluding carboxylic acids is 1. The smallest absolute Gasteiger partial charge is 0.247 e. The van der Waals surface area contributed by atoms with Crippen LogP contribution in [-0.4, -0.2) is 11.9 Å². The Morgan fingerprint density at radius 1 is 0.633 bits per heavy atom. The van der Waals surface area contributed by atoms with Gasteiger partial charge in [-0.2, -0.15) is 0 Å². The van der Waals surface area contributed by atoms with Gasteiger partial charge < -0.3 is 10.6 Å². The van der Waals surface area contributed by atoms with Gasteiger partial charge in [-0.05, 0) is 38.6 Å². The number of hydrogen-bond acceptors (Lipinski definition) is 2. The highest BCUT2D eigenvalue weighted by Gasteiger charge is 2.47. The van der Waals surface area contributed by atoms with Crippen LogP contribution >= 0.6 is 0 Å². The molecule has 0 radical (unpaired) electrons. The summed E-state index contributed by atoms with van der Waals surface area (Å²) in [7, 11) is 0. The molecule has 3 nitrogen and oxygen atoms in total. The highest BCUT2D eigenvalue weighted by molar-refractivity contribution is 6.23. The van der Waals surface area contributed by atoms with E-state index in [4.69, 9.17) is 5.73 Å². The first-order valence-corrected chi connectivity index (χ1v) is 10.2. The van der Waals surface area contributed by atoms with Gasteiger partial charge in [0.15, 0.2) is 0 Å². The second-order valence-corrected chi connectivity index (χ2v) is 7.91. The second kappa shape index (κ2) is 6.41. The maximum atomic E-state index is 13.0. The van der Waals surface area contributed by atoms with Crippen LogP contribution in [0.25, 0.3) is 32.3 Å². The van der Waals surface area contributed by atoms with Crippen molar-refractivity contribution in [2.45, 2.75) is 12.1 Å². The van der Waals surface area contributed by atoms with E-state index in [2.05, 4.69) is 60.7 Å². The molecule has 0 unspecified atom stereocenters. The minimum absolute atomic E-state index is 0.0337. The lowest BCUT2D eigenvalue weighted by atomic mass is 9.86. The molecule has 1 aliphatic rings. The van der Waals surface area contributed by atoms with E-state index < -0.39 is 6.04 Å². The minimum atomic E-state index is -0.519. The normalized spacial score (nSPS) is 18.8. The SMILES string of the molecule is N[C@@H]1C(=O)N(c2cc3c4ccccc4ccc3c3ccccc23)[C@H]1c1ccccc1. The third-order valence-corrected chi connectivity index (χ3v) is 6.29. The van der Waals surface area contributed by atoms with Gasteiger partial charge in [-0.25, -0.2) is 0 Å². The Hall–Kier alpha value is -3.69. The molecule has 0 saturated carbocycles. The van der Waals surface area contributed by atoms with E-state index in [1.807, 2.05) is 41.3 Å². The summed E-state index contributed by atoms with van der Waals surface area (Å²) in [6.45, 7) is 0. The summed E-state index contributed by atoms with van der Waals surface area (Å²) < 4.78 is 0. The second-order valence-electron chi connectivity index (χ2n) is 7.91. The quantitative estimate of drug-likeness (QED) is 0.318. The summed E-state index contributed by atoms with van der Waals surface area (Å²) >= 11 is 0. The van der Waals surface area contributed by atoms with Gasteiger partial charge in [0.25, 0.3) is 0 Å². The van der Waals surface area contributed by atoms with Crippen molar-refractivity contribution in [1.82, 2.24) is 0 Å². The number of rotatable bonds is 2. The molecule has 1 saturated heterocycles. The lowest BCUT2D eigenvalue weighted by Crippen LogP contribution is -2.63. The van der Waals surface area contributed by atoms with Gasteiger partial charge in [0.05, 0.1) is 11.7 Å². The molecule has 144 valence electrons. The van der Waals surface area contributed by atoms with Crippen molar-refractivity contribution in [3.05, 3.63) is 103 Å². The number of benzene rings is 5. The van der Waals surface area contributed by atoms with Crippen LogP contribution < -0.4 is 10.6 Å². The largest absolute Gasteiger partial charge is 0.318 e. The zero-order valence-electron chi connectivity index (χ0n) is 16.3. The molecule has 5 aromatic carbocycles. The summed E-state index contributed by atoms with van der Waals surface area (Å²) in [6.07, 6.45) is 0. The zero-order chi connectivity index (χ0) is 20.2. The fraction of sp³-hybridized carbons (Fsp3) is 0.0741. The van der Waals surface area contributed by atoms with E-state index in [1.165, 1.54) is 16.2 Å². The Morgan fingerprint density at radius 2 is 1.27 bits per heavy atom. The summed E-state index contributed by atoms with van der Waals surface area (Å²) in [6, 6.07) is 32.6. The molecule has 2 atom stereocenters. The molecule has 1 heterocycles. The van der Waals surface area contributed by atoms with Crippen molar-refractivity contribution in [1.29, 1.82) is 0 Å². The molecule has 2 N–H and O–H groups in total. The number of nitrogens with zero attached hydrogens (tertiary/aromatic N) is 1. The summed E-state index contributed by atoms with van der Waals surface area (Å²) in [5.41, 5.74) is 8.27. The van der Waals surface area contributed by atoms with E-state index in [1.54, 1.807) is 0 Å². The first-order chi connectivity index (χ1) is 14.7. The maximum absolute atomic E-state index is 13.0. The Morgan fingerprint density at radius 3 is 2.07 bits per heavy atom. The predicted octanol–water partition coefficient (Wildman–Crippen LogP) is 5.56. The van der Waals surface area contributed by atoms with Crippen LogP contribution in [0.4, 0.5) is 5.69 Å². The number of carbonyl (C=O) groups is 1. The Kier molecular flexibility index (Phi) is 3.67. The van der Waals surface area contributed by atoms with Gasteiger partial charge in [0.2, 0.25) is 5.91 Å². The Bertz CT molecular complexity index is 1440. The van der Waals surface area contributed by atoms with E-state index in [0.29, 0.717) is 0 Å². The topological polar surface area (TPSA) is 46.3 Å². The van der Waals surface area contributed by atoms with Crippen molar-refractivity contribution in [2.75, 3.05) is 4.90 Å². The van der Waals surface area contributed by atoms with E-state index in [0.717, 1.165) is 27.4 Å². The van der Waals surface area contributed by atoms with Crippen molar-refractivity contribution >= 4 is 43.9 Å². The molecule has 5 aromatic rings. The number of nitrogens with two attached hydrogens (primary N) is 1. The molecule has 6 rings (SSSR count). The van der Waals surface area contributed by atoms with E-state index >= 15 is 0 Å². The number of β-lactam (4-membered cyclic amide) rings is 1. The summed E-state index contributed by atoms with van der Waals surface area (Å²) in [4.78, 5) is 14.9. The first kappa shape index (κ1) is 17.2. The average Bonchev–Trinajstić information content (AvgIpc) is 2.82. The van der Waals surface area contributed by atoms with Crippen LogP contribution in [0.2, 0.25) is 0 Å². The molecule has 0 spiro atoms. The van der Waals surface area contributed by atoms with Gasteiger partial charge in [-0.15, -0.1) is 0 Å². The van der Waals surface area contributed by atoms with Crippen LogP contribution in [0, 0.1) is 0 Å². The maximum Gasteiger partial charge on any atom is 0.247 e. The first-order valence-electron chi connectivity index (χ1n) is 10.2. The predicted molar refractivity (Wildman–Crippen MR) is 124 cm³/mol. The molecule has 3 heteroatoms. The highest BCUT2D eigenvalue weighted by atomic mass is 16.2. The highest BCUT2D eigenvalue weighted by Crippen LogP contribution is 2.44. The number of amides is 1. The van der Waals surface area contributed by atoms with Crippen molar-refractivity contribution in [2.24, 2.45) is 5.73 Å². The molecular formula is C27H20N2O. The Balaban J connectivity index is 1.67. The molecule has 1 amide bonds. The summed E-state index contributed by atoms with van der Waals surface area (Å²) in [5, 5.41) is 6.95. The number of hydrogen-bond donors (Lipinski definition) is 1. The molecule has 0 aliphatic carbocycles. The molecular weight excluding hydrogens is 368 g/mol. The van der Waals surface area contributed by atoms with Gasteiger partial charge in [-0.1, -0.05) is 91.0 Å². The van der Waals surface area contributed by atoms with Gasteiger partial charge in [-0.3, -0.25) is 4.79 Å². The van der Waals surface area contributed by atoms with Gasteiger partial charge in [0.1, 0.15) is 6.04 Å². The standard InChI is InChI=1S/C27H20N2O/c28-25-26(18-9-2-1-3-10-18)29(27(25)30)24-16-23-19-11-5-4-8-17(19)14-15-21(23)20-12-6-7-13-22(20)24/h1-16,25-26H,28H2/t25-,26-/m0/s1. The van der Waals surface area contributed by atoms with Crippen LogP contribution in [0.1, 0.15) is 11.6 Å². The number of anilines is 1. The van der Waals surface area contributed by atoms with E-state index in [9.17, 15) is 4.79 Å². The summed E-state index contributed by atoms with van der Waals surface area (Å²) in [5.74, 6) is -0.0337. The Labute approximate surface area is 174 Å². The van der Waals surface area contributed by atoms with Crippen LogP contribution in [0.15, 0.2) is 97.1 Å². The fourth-order valence-electron chi connectivity index (χ4n) is 4.83. The third-order valence-electron chi connectivity index (χ3n) is 6.29. The minimum Gasteiger partial charge on any atom is -0.318 e. The molecule has 1 fully saturated rings. The molecule has 30 heavy (non-hydrogen) atoms. The molecule has 1 aliphatic heterocycles. The monoisotopic (exact) mass is 388 g/mol. The van der Waals surface area contributed by atoms with Crippen molar-refractivity contribution < 1.29 is 4.79 Å². The lowest BCUT2D eigenvalue weighted by molar-refractivity contribution is -0.126. The average molecular weight is 388 g/mol. The van der Waals surface area contributed by atoms with Gasteiger partial charge in [0, 0.05) is 5.39 Å². The molecule has 0 bridgehead atoms. The number of fused-ring (bicyclic) bond motifs is 5. The van der Waals surface area contributed by atoms with Crippen LogP contribution in [0.3, 0.4) is 0 Å². The molecule has 0 aromatic heterocycles. The fourth-order valence-corrected chi connectivity index (χ4v) is 4.83. The lowest BCUT2D eigenvalue weighted by Gasteiger charge is -2.46. The van der Waals surface area contributed by atoms with Gasteiger partial charge >= 0.3 is 0 Å². The van der Waals surface area contributed by atoms with Crippen molar-refractivity contribution in [3.8, 4) is 0 Å². The van der Waals surface area contributed by atoms with Crippen LogP contribution in [-0.2, 0) is 4.79 Å².